The predicted octanol–water partition coefficient (Wildman–Crippen LogP) is 2.82. The molecule has 0 radical (unpaired) electrons. The van der Waals surface area contributed by atoms with Crippen molar-refractivity contribution < 1.29 is 0 Å². The Morgan fingerprint density at radius 2 is 1.88 bits per heavy atom. The van der Waals surface area contributed by atoms with Crippen LogP contribution in [0.5, 0.6) is 0 Å². The Hall–Kier alpha value is -1.41. The van der Waals surface area contributed by atoms with Gasteiger partial charge in [0, 0.05) is 17.1 Å². The molecule has 1 heterocycles. The monoisotopic (exact) mass is 212 g/mol. The lowest BCUT2D eigenvalue weighted by atomic mass is 9.94. The van der Waals surface area contributed by atoms with Crippen molar-refractivity contribution >= 4 is 10.9 Å². The van der Waals surface area contributed by atoms with Crippen molar-refractivity contribution in [1.29, 1.82) is 0 Å². The lowest BCUT2D eigenvalue weighted by Crippen LogP contribution is -2.25. The topological polar surface area (TPSA) is 38.9 Å². The van der Waals surface area contributed by atoms with Gasteiger partial charge in [-0.1, -0.05) is 32.0 Å². The first-order chi connectivity index (χ1) is 7.55. The van der Waals surface area contributed by atoms with Gasteiger partial charge in [-0.3, -0.25) is 4.98 Å². The molecule has 0 bridgehead atoms. The SMILES string of the molecule is CC1(C)CC1(N)c1ccnc2ccccc12. The summed E-state index contributed by atoms with van der Waals surface area (Å²) in [5, 5.41) is 1.19. The predicted molar refractivity (Wildman–Crippen MR) is 66.0 cm³/mol. The molecule has 2 aromatic rings. The van der Waals surface area contributed by atoms with Crippen molar-refractivity contribution in [2.45, 2.75) is 25.8 Å². The van der Waals surface area contributed by atoms with Gasteiger partial charge in [0.05, 0.1) is 5.52 Å². The zero-order chi connectivity index (χ0) is 11.4. The maximum absolute atomic E-state index is 6.48. The number of fused-ring (bicyclic) bond motifs is 1. The summed E-state index contributed by atoms with van der Waals surface area (Å²) in [5.74, 6) is 0. The summed E-state index contributed by atoms with van der Waals surface area (Å²) in [6, 6.07) is 10.3. The second-order valence-electron chi connectivity index (χ2n) is 5.41. The average molecular weight is 212 g/mol. The molecule has 1 aromatic carbocycles. The molecule has 1 fully saturated rings. The average Bonchev–Trinajstić information content (AvgIpc) is 2.78. The Balaban J connectivity index is 2.26. The molecular weight excluding hydrogens is 196 g/mol. The van der Waals surface area contributed by atoms with Gasteiger partial charge in [-0.05, 0) is 29.5 Å². The number of aromatic nitrogens is 1. The Kier molecular flexibility index (Phi) is 1.73. The van der Waals surface area contributed by atoms with E-state index in [9.17, 15) is 0 Å². The molecule has 82 valence electrons. The first kappa shape index (κ1) is 9.79. The van der Waals surface area contributed by atoms with Crippen molar-refractivity contribution in [3.05, 3.63) is 42.1 Å². The van der Waals surface area contributed by atoms with Crippen LogP contribution >= 0.6 is 0 Å². The largest absolute Gasteiger partial charge is 0.321 e. The molecule has 1 aliphatic rings. The quantitative estimate of drug-likeness (QED) is 0.789. The van der Waals surface area contributed by atoms with Crippen LogP contribution in [0.1, 0.15) is 25.8 Å². The summed E-state index contributed by atoms with van der Waals surface area (Å²) in [6.45, 7) is 4.45. The standard InChI is InChI=1S/C14H16N2/c1-13(2)9-14(13,15)11-7-8-16-12-6-4-3-5-10(11)12/h3-8H,9,15H2,1-2H3. The number of hydrogen-bond donors (Lipinski definition) is 1. The minimum absolute atomic E-state index is 0.171. The van der Waals surface area contributed by atoms with E-state index >= 15 is 0 Å². The summed E-state index contributed by atoms with van der Waals surface area (Å²) in [4.78, 5) is 4.38. The van der Waals surface area contributed by atoms with Crippen molar-refractivity contribution in [2.75, 3.05) is 0 Å². The molecule has 2 heteroatoms. The van der Waals surface area contributed by atoms with Crippen LogP contribution in [0.4, 0.5) is 0 Å². The van der Waals surface area contributed by atoms with E-state index < -0.39 is 0 Å². The van der Waals surface area contributed by atoms with Crippen LogP contribution in [-0.2, 0) is 5.54 Å². The van der Waals surface area contributed by atoms with E-state index in [0.717, 1.165) is 11.9 Å². The van der Waals surface area contributed by atoms with Gasteiger partial charge in [0.15, 0.2) is 0 Å². The molecule has 16 heavy (non-hydrogen) atoms. The van der Waals surface area contributed by atoms with Crippen LogP contribution in [0.15, 0.2) is 36.5 Å². The molecule has 1 unspecified atom stereocenters. The smallest absolute Gasteiger partial charge is 0.0705 e. The van der Waals surface area contributed by atoms with E-state index in [1.807, 2.05) is 24.4 Å². The lowest BCUT2D eigenvalue weighted by Gasteiger charge is -2.17. The fourth-order valence-corrected chi connectivity index (χ4v) is 2.60. The van der Waals surface area contributed by atoms with E-state index in [0.29, 0.717) is 0 Å². The van der Waals surface area contributed by atoms with Gasteiger partial charge < -0.3 is 5.73 Å². The zero-order valence-corrected chi connectivity index (χ0v) is 9.70. The highest BCUT2D eigenvalue weighted by molar-refractivity contribution is 5.83. The molecular formula is C14H16N2. The Morgan fingerprint density at radius 3 is 2.56 bits per heavy atom. The zero-order valence-electron chi connectivity index (χ0n) is 9.70. The van der Waals surface area contributed by atoms with Crippen LogP contribution in [0.2, 0.25) is 0 Å². The van der Waals surface area contributed by atoms with E-state index in [-0.39, 0.29) is 11.0 Å². The number of nitrogens with zero attached hydrogens (tertiary/aromatic N) is 1. The second-order valence-corrected chi connectivity index (χ2v) is 5.41. The summed E-state index contributed by atoms with van der Waals surface area (Å²) in [5.41, 5.74) is 8.79. The maximum atomic E-state index is 6.48. The number of rotatable bonds is 1. The van der Waals surface area contributed by atoms with Crippen LogP contribution in [0.3, 0.4) is 0 Å². The third kappa shape index (κ3) is 1.14. The van der Waals surface area contributed by atoms with Crippen molar-refractivity contribution in [2.24, 2.45) is 11.1 Å². The Bertz CT molecular complexity index is 554. The first-order valence-corrected chi connectivity index (χ1v) is 5.68. The molecule has 1 saturated carbocycles. The van der Waals surface area contributed by atoms with Gasteiger partial charge >= 0.3 is 0 Å². The van der Waals surface area contributed by atoms with Gasteiger partial charge in [0.1, 0.15) is 0 Å². The van der Waals surface area contributed by atoms with E-state index in [1.165, 1.54) is 10.9 Å². The summed E-state index contributed by atoms with van der Waals surface area (Å²) < 4.78 is 0. The first-order valence-electron chi connectivity index (χ1n) is 5.68. The molecule has 2 N–H and O–H groups in total. The summed E-state index contributed by atoms with van der Waals surface area (Å²) in [6.07, 6.45) is 2.91. The Labute approximate surface area is 95.5 Å². The van der Waals surface area contributed by atoms with Crippen LogP contribution in [0.25, 0.3) is 10.9 Å². The highest BCUT2D eigenvalue weighted by atomic mass is 14.9. The third-order valence-corrected chi connectivity index (χ3v) is 3.93. The number of benzene rings is 1. The van der Waals surface area contributed by atoms with Crippen LogP contribution in [-0.4, -0.2) is 4.98 Å². The van der Waals surface area contributed by atoms with Crippen molar-refractivity contribution in [3.63, 3.8) is 0 Å². The molecule has 0 amide bonds. The molecule has 1 aliphatic carbocycles. The summed E-state index contributed by atoms with van der Waals surface area (Å²) >= 11 is 0. The minimum Gasteiger partial charge on any atom is -0.321 e. The van der Waals surface area contributed by atoms with Gasteiger partial charge in [0.25, 0.3) is 0 Å². The minimum atomic E-state index is -0.171. The second kappa shape index (κ2) is 2.83. The van der Waals surface area contributed by atoms with Gasteiger partial charge in [-0.25, -0.2) is 0 Å². The molecule has 1 aromatic heterocycles. The number of para-hydroxylation sites is 1. The van der Waals surface area contributed by atoms with Gasteiger partial charge in [-0.15, -0.1) is 0 Å². The normalized spacial score (nSPS) is 26.9. The van der Waals surface area contributed by atoms with Crippen molar-refractivity contribution in [3.8, 4) is 0 Å². The fourth-order valence-electron chi connectivity index (χ4n) is 2.60. The molecule has 2 nitrogen and oxygen atoms in total. The van der Waals surface area contributed by atoms with E-state index in [4.69, 9.17) is 5.73 Å². The summed E-state index contributed by atoms with van der Waals surface area (Å²) in [7, 11) is 0. The van der Waals surface area contributed by atoms with Crippen LogP contribution in [0, 0.1) is 5.41 Å². The molecule has 1 atom stereocenters. The number of nitrogens with two attached hydrogens (primary N) is 1. The molecule has 0 saturated heterocycles. The molecule has 3 rings (SSSR count). The van der Waals surface area contributed by atoms with Gasteiger partial charge in [-0.2, -0.15) is 0 Å². The highest BCUT2D eigenvalue weighted by Crippen LogP contribution is 2.61. The third-order valence-electron chi connectivity index (χ3n) is 3.93. The molecule has 0 aliphatic heterocycles. The number of hydrogen-bond acceptors (Lipinski definition) is 2. The van der Waals surface area contributed by atoms with Crippen molar-refractivity contribution in [1.82, 2.24) is 4.98 Å². The Morgan fingerprint density at radius 1 is 1.19 bits per heavy atom. The van der Waals surface area contributed by atoms with E-state index in [1.54, 1.807) is 0 Å². The fraction of sp³-hybridized carbons (Fsp3) is 0.357. The van der Waals surface area contributed by atoms with Crippen LogP contribution < -0.4 is 5.73 Å². The van der Waals surface area contributed by atoms with Gasteiger partial charge in [0.2, 0.25) is 0 Å². The lowest BCUT2D eigenvalue weighted by molar-refractivity contribution is 0.512. The highest BCUT2D eigenvalue weighted by Gasteiger charge is 2.59. The molecule has 0 spiro atoms. The maximum Gasteiger partial charge on any atom is 0.0705 e. The number of pyridine rings is 1. The van der Waals surface area contributed by atoms with E-state index in [2.05, 4.69) is 31.0 Å².